The Labute approximate surface area is 348 Å². The van der Waals surface area contributed by atoms with Crippen molar-refractivity contribution < 1.29 is 37.6 Å². The van der Waals surface area contributed by atoms with Crippen molar-refractivity contribution in [3.05, 3.63) is 120 Å². The van der Waals surface area contributed by atoms with E-state index in [1.165, 1.54) is 55.5 Å². The number of fused-ring (bicyclic) bond motifs is 6. The number of hydrogen-bond acceptors (Lipinski definition) is 5. The summed E-state index contributed by atoms with van der Waals surface area (Å²) in [4.78, 5) is 2.47. The van der Waals surface area contributed by atoms with E-state index in [-0.39, 0.29) is 46.9 Å². The van der Waals surface area contributed by atoms with Crippen molar-refractivity contribution in [3.8, 4) is 6.07 Å². The summed E-state index contributed by atoms with van der Waals surface area (Å²) in [5, 5.41) is 14.3. The van der Waals surface area contributed by atoms with Crippen LogP contribution in [0.5, 0.6) is 0 Å². The van der Waals surface area contributed by atoms with Gasteiger partial charge in [-0.3, -0.25) is 0 Å². The molecule has 0 bridgehead atoms. The number of hydrogen-bond donors (Lipinski definition) is 0. The molecule has 2 heterocycles. The van der Waals surface area contributed by atoms with Crippen LogP contribution in [0.4, 0.5) is 11.4 Å². The molecule has 1 atom stereocenters. The minimum atomic E-state index is -1.27. The fourth-order valence-electron chi connectivity index (χ4n) is 8.69. The highest BCUT2D eigenvalue weighted by molar-refractivity contribution is 7.44. The van der Waals surface area contributed by atoms with E-state index in [0.29, 0.717) is 19.6 Å². The SMILES string of the molecule is CCN1\C(=C/C=C/C=C/C2=[N+](CCCOP(OCCC#N)N(C(C)C)C(C)C)c3ccc4ccccc4c3C2(C)C)C(C)(C)c2c1ccc1ccccc21.[I-]. The predicted octanol–water partition coefficient (Wildman–Crippen LogP) is 8.87. The van der Waals surface area contributed by atoms with E-state index in [0.717, 1.165) is 19.5 Å². The van der Waals surface area contributed by atoms with Crippen LogP contribution in [0.1, 0.15) is 86.3 Å². The molecule has 0 spiro atoms. The molecule has 4 aromatic rings. The normalized spacial score (nSPS) is 17.4. The second-order valence-electron chi connectivity index (χ2n) is 15.9. The third-order valence-electron chi connectivity index (χ3n) is 10.9. The van der Waals surface area contributed by atoms with Crippen LogP contribution in [0.15, 0.2) is 109 Å². The van der Waals surface area contributed by atoms with Gasteiger partial charge in [0.1, 0.15) is 0 Å². The van der Waals surface area contributed by atoms with Crippen LogP contribution >= 0.6 is 8.53 Å². The molecule has 8 heteroatoms. The van der Waals surface area contributed by atoms with Crippen LogP contribution in [0, 0.1) is 11.3 Å². The first-order valence-electron chi connectivity index (χ1n) is 19.7. The summed E-state index contributed by atoms with van der Waals surface area (Å²) in [7, 11) is -1.27. The molecule has 0 amide bonds. The van der Waals surface area contributed by atoms with Gasteiger partial charge in [0.15, 0.2) is 12.3 Å². The first kappa shape index (κ1) is 42.8. The van der Waals surface area contributed by atoms with Gasteiger partial charge in [0.25, 0.3) is 8.53 Å². The first-order chi connectivity index (χ1) is 25.9. The molecule has 2 aliphatic heterocycles. The average molecular weight is 869 g/mol. The van der Waals surface area contributed by atoms with Gasteiger partial charge in [-0.2, -0.15) is 9.84 Å². The van der Waals surface area contributed by atoms with Crippen LogP contribution in [0.3, 0.4) is 0 Å². The van der Waals surface area contributed by atoms with E-state index in [2.05, 4.69) is 186 Å². The molecule has 0 fully saturated rings. The smallest absolute Gasteiger partial charge is 0.259 e. The number of rotatable bonds is 15. The highest BCUT2D eigenvalue weighted by Gasteiger charge is 2.45. The largest absolute Gasteiger partial charge is 1.00 e. The maximum Gasteiger partial charge on any atom is 0.259 e. The maximum atomic E-state index is 9.13. The lowest BCUT2D eigenvalue weighted by Crippen LogP contribution is -3.00. The van der Waals surface area contributed by atoms with Crippen LogP contribution in [-0.2, 0) is 19.9 Å². The van der Waals surface area contributed by atoms with E-state index in [1.54, 1.807) is 0 Å². The zero-order chi connectivity index (χ0) is 38.6. The second-order valence-corrected chi connectivity index (χ2v) is 17.4. The topological polar surface area (TPSA) is 51.7 Å². The number of allylic oxidation sites excluding steroid dienone is 6. The number of benzene rings is 4. The van der Waals surface area contributed by atoms with Gasteiger partial charge in [-0.05, 0) is 93.8 Å². The Morgan fingerprint density at radius 2 is 1.42 bits per heavy atom. The summed E-state index contributed by atoms with van der Waals surface area (Å²) in [6.07, 6.45) is 12.4. The monoisotopic (exact) mass is 868 g/mol. The third kappa shape index (κ3) is 8.50. The number of anilines is 1. The van der Waals surface area contributed by atoms with Crippen molar-refractivity contribution in [2.75, 3.05) is 31.2 Å². The molecule has 0 aliphatic carbocycles. The quantitative estimate of drug-likeness (QED) is 0.0393. The first-order valence-corrected chi connectivity index (χ1v) is 20.8. The van der Waals surface area contributed by atoms with Gasteiger partial charge >= 0.3 is 0 Å². The third-order valence-corrected chi connectivity index (χ3v) is 13.1. The molecule has 290 valence electrons. The lowest BCUT2D eigenvalue weighted by Gasteiger charge is -2.35. The summed E-state index contributed by atoms with van der Waals surface area (Å²) in [6, 6.07) is 29.3. The number of nitrogens with zero attached hydrogens (tertiary/aromatic N) is 4. The van der Waals surface area contributed by atoms with E-state index in [1.807, 2.05) is 0 Å². The molecular formula is C47H58IN4O2P. The van der Waals surface area contributed by atoms with Gasteiger partial charge < -0.3 is 37.9 Å². The zero-order valence-electron chi connectivity index (χ0n) is 34.1. The Morgan fingerprint density at radius 3 is 2.05 bits per heavy atom. The average Bonchev–Trinajstić information content (AvgIpc) is 3.50. The van der Waals surface area contributed by atoms with Crippen molar-refractivity contribution >= 4 is 47.2 Å². The molecule has 6 nitrogen and oxygen atoms in total. The van der Waals surface area contributed by atoms with Crippen LogP contribution in [0.25, 0.3) is 21.5 Å². The summed E-state index contributed by atoms with van der Waals surface area (Å²) >= 11 is 0. The molecule has 0 radical (unpaired) electrons. The molecule has 2 aliphatic rings. The second kappa shape index (κ2) is 18.3. The molecule has 1 unspecified atom stereocenters. The minimum absolute atomic E-state index is 0. The molecule has 55 heavy (non-hydrogen) atoms. The standard InChI is InChI=1S/C47H58N4O2P.HI/c1-10-49-40-28-26-36-20-14-16-22-38(36)44(40)46(6,7)42(49)24-12-11-13-25-43-47(8,9)45-39-23-17-15-21-37(39)27-29-41(45)50(43)31-19-33-53-54(52-32-18-30-48)51(34(2)3)35(4)5;/h11-17,20-29,34-35H,10,18-19,31-33H2,1-9H3;1H/q+1;/p-1. The molecule has 6 rings (SSSR count). The molecule has 0 saturated carbocycles. The molecule has 0 saturated heterocycles. The summed E-state index contributed by atoms with van der Waals surface area (Å²) in [5.41, 5.74) is 7.64. The highest BCUT2D eigenvalue weighted by atomic mass is 127. The van der Waals surface area contributed by atoms with Crippen molar-refractivity contribution in [2.45, 2.75) is 98.1 Å². The zero-order valence-corrected chi connectivity index (χ0v) is 37.2. The summed E-state index contributed by atoms with van der Waals surface area (Å²) in [5.74, 6) is 0. The Balaban J connectivity index is 0.00000580. The van der Waals surface area contributed by atoms with Gasteiger partial charge in [-0.1, -0.05) is 86.7 Å². The van der Waals surface area contributed by atoms with Crippen LogP contribution in [-0.4, -0.2) is 53.3 Å². The lowest BCUT2D eigenvalue weighted by molar-refractivity contribution is -0.438. The summed E-state index contributed by atoms with van der Waals surface area (Å²) < 4.78 is 17.5. The van der Waals surface area contributed by atoms with Crippen molar-refractivity contribution in [2.24, 2.45) is 0 Å². The minimum Gasteiger partial charge on any atom is -1.00 e. The Morgan fingerprint density at radius 1 is 0.800 bits per heavy atom. The fraction of sp³-hybridized carbons (Fsp3) is 0.404. The van der Waals surface area contributed by atoms with Crippen molar-refractivity contribution in [1.82, 2.24) is 4.67 Å². The Hall–Kier alpha value is -3.38. The number of halogens is 1. The van der Waals surface area contributed by atoms with Crippen molar-refractivity contribution in [1.29, 1.82) is 5.26 Å². The fourth-order valence-corrected chi connectivity index (χ4v) is 10.3. The molecule has 0 N–H and O–H groups in total. The van der Waals surface area contributed by atoms with E-state index >= 15 is 0 Å². The van der Waals surface area contributed by atoms with Gasteiger partial charge in [0.2, 0.25) is 5.69 Å². The molecule has 4 aromatic carbocycles. The van der Waals surface area contributed by atoms with Crippen LogP contribution in [0.2, 0.25) is 0 Å². The maximum absolute atomic E-state index is 9.13. The molecule has 0 aromatic heterocycles. The van der Waals surface area contributed by atoms with E-state index < -0.39 is 8.53 Å². The van der Waals surface area contributed by atoms with Gasteiger partial charge in [-0.15, -0.1) is 0 Å². The van der Waals surface area contributed by atoms with Crippen LogP contribution < -0.4 is 28.9 Å². The summed E-state index contributed by atoms with van der Waals surface area (Å²) in [6.45, 7) is 23.0. The number of nitriles is 1. The molecular weight excluding hydrogens is 810 g/mol. The van der Waals surface area contributed by atoms with Crippen molar-refractivity contribution in [3.63, 3.8) is 0 Å². The Bertz CT molecular complexity index is 2150. The van der Waals surface area contributed by atoms with E-state index in [9.17, 15) is 0 Å². The van der Waals surface area contributed by atoms with E-state index in [4.69, 9.17) is 14.3 Å². The lowest BCUT2D eigenvalue weighted by atomic mass is 9.79. The van der Waals surface area contributed by atoms with Gasteiger partial charge in [-0.25, -0.2) is 4.67 Å². The van der Waals surface area contributed by atoms with Gasteiger partial charge in [0, 0.05) is 59.6 Å². The highest BCUT2D eigenvalue weighted by Crippen LogP contribution is 2.51. The Kier molecular flexibility index (Phi) is 14.2. The predicted molar refractivity (Wildman–Crippen MR) is 229 cm³/mol. The van der Waals surface area contributed by atoms with Gasteiger partial charge in [0.05, 0.1) is 31.1 Å². The number of likely N-dealkylation sites (N-methyl/N-ethyl adjacent to an activating group) is 1.